The Hall–Kier alpha value is -0.600. The molecule has 1 aliphatic rings. The van der Waals surface area contributed by atoms with E-state index in [1.165, 1.54) is 0 Å². The molecular formula is C7H11FO2. The first-order chi connectivity index (χ1) is 4.61. The molecule has 10 heavy (non-hydrogen) atoms. The molecule has 0 heterocycles. The summed E-state index contributed by atoms with van der Waals surface area (Å²) in [6.45, 7) is 1.12. The van der Waals surface area contributed by atoms with Crippen molar-refractivity contribution in [2.24, 2.45) is 11.3 Å². The van der Waals surface area contributed by atoms with Gasteiger partial charge in [-0.05, 0) is 19.8 Å². The number of carbonyl (C=O) groups is 1. The Morgan fingerprint density at radius 3 is 2.60 bits per heavy atom. The van der Waals surface area contributed by atoms with Crippen molar-refractivity contribution in [2.45, 2.75) is 19.8 Å². The smallest absolute Gasteiger partial charge is 0.309 e. The highest BCUT2D eigenvalue weighted by atomic mass is 18.2. The van der Waals surface area contributed by atoms with Gasteiger partial charge in [-0.2, -0.15) is 0 Å². The van der Waals surface area contributed by atoms with Crippen molar-refractivity contribution >= 4 is 5.97 Å². The van der Waals surface area contributed by atoms with Crippen LogP contribution in [0.15, 0.2) is 0 Å². The number of halogens is 1. The Kier molecular flexibility index (Phi) is 1.67. The zero-order valence-corrected chi connectivity index (χ0v) is 5.93. The molecule has 0 amide bonds. The maximum atomic E-state index is 12.0. The summed E-state index contributed by atoms with van der Waals surface area (Å²) in [7, 11) is 0. The van der Waals surface area contributed by atoms with E-state index in [0.717, 1.165) is 6.42 Å². The molecule has 1 unspecified atom stereocenters. The maximum absolute atomic E-state index is 12.0. The molecule has 0 saturated heterocycles. The summed E-state index contributed by atoms with van der Waals surface area (Å²) in [6.07, 6.45) is 1.34. The Bertz CT molecular complexity index is 156. The van der Waals surface area contributed by atoms with Gasteiger partial charge in [0.15, 0.2) is 0 Å². The molecule has 0 aromatic rings. The summed E-state index contributed by atoms with van der Waals surface area (Å²) >= 11 is 0. The normalized spacial score (nSPS) is 38.8. The summed E-state index contributed by atoms with van der Waals surface area (Å²) in [5.74, 6) is -1.11. The molecule has 2 atom stereocenters. The Labute approximate surface area is 59.0 Å². The minimum atomic E-state index is -0.860. The van der Waals surface area contributed by atoms with E-state index >= 15 is 0 Å². The van der Waals surface area contributed by atoms with Gasteiger partial charge in [0.2, 0.25) is 0 Å². The van der Waals surface area contributed by atoms with Crippen molar-refractivity contribution in [2.75, 3.05) is 6.67 Å². The molecule has 1 N–H and O–H groups in total. The zero-order valence-electron chi connectivity index (χ0n) is 5.93. The van der Waals surface area contributed by atoms with Gasteiger partial charge in [-0.3, -0.25) is 9.18 Å². The second-order valence-electron chi connectivity index (χ2n) is 3.11. The molecule has 0 aromatic heterocycles. The number of aliphatic carboxylic acids is 1. The maximum Gasteiger partial charge on any atom is 0.309 e. The third-order valence-electron chi connectivity index (χ3n) is 2.59. The van der Waals surface area contributed by atoms with Crippen molar-refractivity contribution in [3.05, 3.63) is 0 Å². The standard InChI is InChI=1S/C7H11FO2/c1-7(6(9)10)3-2-5(7)4-8/h5H,2-4H2,1H3,(H,9,10)/t5?,7-/m1/s1/i8-1. The fourth-order valence-corrected chi connectivity index (χ4v) is 1.31. The second-order valence-corrected chi connectivity index (χ2v) is 3.11. The predicted octanol–water partition coefficient (Wildman–Crippen LogP) is 1.46. The van der Waals surface area contributed by atoms with Crippen LogP contribution in [0.1, 0.15) is 19.8 Å². The molecule has 1 rings (SSSR count). The molecule has 0 aliphatic heterocycles. The highest BCUT2D eigenvalue weighted by molar-refractivity contribution is 5.75. The quantitative estimate of drug-likeness (QED) is 0.638. The summed E-state index contributed by atoms with van der Waals surface area (Å²) in [6, 6.07) is 0. The third kappa shape index (κ3) is 0.805. The lowest BCUT2D eigenvalue weighted by molar-refractivity contribution is -0.159. The minimum Gasteiger partial charge on any atom is -0.481 e. The highest BCUT2D eigenvalue weighted by Crippen LogP contribution is 2.46. The Morgan fingerprint density at radius 1 is 1.90 bits per heavy atom. The molecule has 1 fully saturated rings. The molecular weight excluding hydrogens is 134 g/mol. The van der Waals surface area contributed by atoms with Crippen LogP contribution in [0.3, 0.4) is 0 Å². The highest BCUT2D eigenvalue weighted by Gasteiger charge is 2.48. The van der Waals surface area contributed by atoms with E-state index in [1.54, 1.807) is 6.92 Å². The summed E-state index contributed by atoms with van der Waals surface area (Å²) in [5, 5.41) is 8.63. The fraction of sp³-hybridized carbons (Fsp3) is 0.857. The van der Waals surface area contributed by atoms with Crippen LogP contribution in [0, 0.1) is 11.3 Å². The van der Waals surface area contributed by atoms with Crippen molar-refractivity contribution in [1.82, 2.24) is 0 Å². The number of carboxylic acids is 1. The number of hydrogen-bond donors (Lipinski definition) is 1. The van der Waals surface area contributed by atoms with Crippen molar-refractivity contribution in [3.8, 4) is 0 Å². The van der Waals surface area contributed by atoms with Crippen LogP contribution in [0.2, 0.25) is 0 Å². The molecule has 0 aromatic carbocycles. The van der Waals surface area contributed by atoms with Crippen LogP contribution in [-0.4, -0.2) is 17.8 Å². The summed E-state index contributed by atoms with van der Waals surface area (Å²) in [5.41, 5.74) is -0.769. The summed E-state index contributed by atoms with van der Waals surface area (Å²) in [4.78, 5) is 10.5. The monoisotopic (exact) mass is 145 g/mol. The lowest BCUT2D eigenvalue weighted by Crippen LogP contribution is -2.45. The number of hydrogen-bond acceptors (Lipinski definition) is 1. The van der Waals surface area contributed by atoms with Gasteiger partial charge >= 0.3 is 5.97 Å². The Balaban J connectivity index is 2.61. The van der Waals surface area contributed by atoms with Crippen LogP contribution in [-0.2, 0) is 4.79 Å². The van der Waals surface area contributed by atoms with Gasteiger partial charge in [0.05, 0.1) is 12.1 Å². The second kappa shape index (κ2) is 2.22. The van der Waals surface area contributed by atoms with Gasteiger partial charge in [0, 0.05) is 5.92 Å². The first-order valence-corrected chi connectivity index (χ1v) is 3.40. The number of rotatable bonds is 2. The van der Waals surface area contributed by atoms with Crippen LogP contribution in [0.4, 0.5) is 4.39 Å². The van der Waals surface area contributed by atoms with E-state index in [1.807, 2.05) is 0 Å². The zero-order chi connectivity index (χ0) is 7.78. The van der Waals surface area contributed by atoms with E-state index in [-0.39, 0.29) is 5.92 Å². The minimum absolute atomic E-state index is 0.245. The molecule has 3 heteroatoms. The summed E-state index contributed by atoms with van der Waals surface area (Å²) < 4.78 is 12.0. The van der Waals surface area contributed by atoms with E-state index in [0.29, 0.717) is 6.42 Å². The van der Waals surface area contributed by atoms with Gasteiger partial charge in [0.25, 0.3) is 0 Å². The van der Waals surface area contributed by atoms with Gasteiger partial charge in [-0.25, -0.2) is 0 Å². The molecule has 0 spiro atoms. The van der Waals surface area contributed by atoms with Crippen molar-refractivity contribution in [3.63, 3.8) is 0 Å². The topological polar surface area (TPSA) is 37.3 Å². The van der Waals surface area contributed by atoms with Gasteiger partial charge in [-0.1, -0.05) is 0 Å². The van der Waals surface area contributed by atoms with Crippen LogP contribution >= 0.6 is 0 Å². The average molecular weight is 145 g/mol. The van der Waals surface area contributed by atoms with E-state index in [9.17, 15) is 9.18 Å². The first-order valence-electron chi connectivity index (χ1n) is 3.40. The van der Waals surface area contributed by atoms with E-state index in [2.05, 4.69) is 0 Å². The van der Waals surface area contributed by atoms with Crippen LogP contribution in [0.5, 0.6) is 0 Å². The van der Waals surface area contributed by atoms with Gasteiger partial charge in [-0.15, -0.1) is 0 Å². The van der Waals surface area contributed by atoms with Gasteiger partial charge in [0.1, 0.15) is 0 Å². The molecule has 58 valence electrons. The Morgan fingerprint density at radius 2 is 2.50 bits per heavy atom. The van der Waals surface area contributed by atoms with E-state index < -0.39 is 18.1 Å². The molecule has 0 bridgehead atoms. The molecule has 0 radical (unpaired) electrons. The molecule has 2 nitrogen and oxygen atoms in total. The SMILES string of the molecule is C[C@@]1(C(=O)O)CCC1C[18F]. The largest absolute Gasteiger partial charge is 0.481 e. The van der Waals surface area contributed by atoms with Crippen LogP contribution in [0.25, 0.3) is 0 Å². The lowest BCUT2D eigenvalue weighted by Gasteiger charge is -2.41. The predicted molar refractivity (Wildman–Crippen MR) is 34.4 cm³/mol. The van der Waals surface area contributed by atoms with Crippen molar-refractivity contribution < 1.29 is 14.3 Å². The lowest BCUT2D eigenvalue weighted by atomic mass is 9.62. The molecule has 1 saturated carbocycles. The fourth-order valence-electron chi connectivity index (χ4n) is 1.31. The van der Waals surface area contributed by atoms with Crippen LogP contribution < -0.4 is 0 Å². The molecule has 1 aliphatic carbocycles. The number of carboxylic acid groups (broad SMARTS) is 1. The van der Waals surface area contributed by atoms with Gasteiger partial charge < -0.3 is 5.11 Å². The first kappa shape index (κ1) is 7.51. The van der Waals surface area contributed by atoms with Crippen molar-refractivity contribution in [1.29, 1.82) is 0 Å². The number of alkyl halides is 1. The average Bonchev–Trinajstić information content (AvgIpc) is 1.85. The van der Waals surface area contributed by atoms with E-state index in [4.69, 9.17) is 5.11 Å². The third-order valence-corrected chi connectivity index (χ3v) is 2.59.